The highest BCUT2D eigenvalue weighted by molar-refractivity contribution is 5.89. The Labute approximate surface area is 267 Å². The van der Waals surface area contributed by atoms with Gasteiger partial charge in [-0.3, -0.25) is 19.2 Å². The molecule has 1 unspecified atom stereocenters. The standard InChI is InChI=1S/C33H44O13/c1-9-17(2)28(38)41-16-32-25(43-19(4)35)22(42-18(3)34)15-31(8,40)33(32)26(44-20(5)36)23(30(6,7)46-33)24(37)27(32)45-29(39)21-13-11-10-12-14-21/h10-14,17,22-27,37,40H,9,15-16H2,1-8H3/t17?,22-,23+,24-,25-,26+,27+,31-,32-,33-/m0/s1. The van der Waals surface area contributed by atoms with Crippen molar-refractivity contribution < 1.29 is 62.6 Å². The number of hydrogen-bond acceptors (Lipinski definition) is 13. The van der Waals surface area contributed by atoms with Gasteiger partial charge in [-0.2, -0.15) is 0 Å². The molecule has 0 amide bonds. The van der Waals surface area contributed by atoms with E-state index in [0.717, 1.165) is 20.8 Å². The first-order valence-corrected chi connectivity index (χ1v) is 15.4. The average Bonchev–Trinajstić information content (AvgIpc) is 3.17. The SMILES string of the molecule is CCC(C)C(=O)OC[C@]12[C@H](OC(=O)c3ccccc3)[C@@H](O)[C@@H]3[C@@H](OC(C)=O)[C@]1(OC3(C)C)[C@@](C)(O)C[C@H](OC(C)=O)[C@@H]2OC(C)=O. The lowest BCUT2D eigenvalue weighted by Crippen LogP contribution is -2.85. The minimum absolute atomic E-state index is 0.105. The van der Waals surface area contributed by atoms with E-state index in [4.69, 9.17) is 28.4 Å². The Hall–Kier alpha value is -3.55. The van der Waals surface area contributed by atoms with E-state index in [9.17, 15) is 34.2 Å². The summed E-state index contributed by atoms with van der Waals surface area (Å²) in [6.45, 7) is 10.6. The normalized spacial score (nSPS) is 36.4. The molecule has 2 saturated carbocycles. The Bertz CT molecular complexity index is 1360. The maximum atomic E-state index is 13.7. The smallest absolute Gasteiger partial charge is 0.338 e. The minimum Gasteiger partial charge on any atom is -0.464 e. The van der Waals surface area contributed by atoms with Crippen LogP contribution in [0.5, 0.6) is 0 Å². The zero-order valence-electron chi connectivity index (χ0n) is 27.4. The fourth-order valence-corrected chi connectivity index (χ4v) is 7.80. The van der Waals surface area contributed by atoms with Gasteiger partial charge < -0.3 is 38.6 Å². The van der Waals surface area contributed by atoms with Crippen molar-refractivity contribution in [2.75, 3.05) is 6.61 Å². The maximum Gasteiger partial charge on any atom is 0.338 e. The number of hydrogen-bond donors (Lipinski definition) is 2. The van der Waals surface area contributed by atoms with Gasteiger partial charge in [-0.15, -0.1) is 0 Å². The topological polar surface area (TPSA) is 181 Å². The number of aliphatic hydroxyl groups is 2. The summed E-state index contributed by atoms with van der Waals surface area (Å²) in [6.07, 6.45) is -7.98. The molecule has 1 saturated heterocycles. The van der Waals surface area contributed by atoms with Crippen LogP contribution in [0.25, 0.3) is 0 Å². The Balaban J connectivity index is 2.11. The van der Waals surface area contributed by atoms with Gasteiger partial charge >= 0.3 is 29.8 Å². The molecule has 2 aliphatic carbocycles. The fraction of sp³-hybridized carbons (Fsp3) is 0.667. The molecular formula is C33H44O13. The van der Waals surface area contributed by atoms with E-state index in [1.165, 1.54) is 19.1 Å². The van der Waals surface area contributed by atoms with Crippen molar-refractivity contribution in [1.82, 2.24) is 0 Å². The molecule has 2 bridgehead atoms. The fourth-order valence-electron chi connectivity index (χ4n) is 7.80. The van der Waals surface area contributed by atoms with Crippen LogP contribution in [0.1, 0.15) is 78.6 Å². The predicted molar refractivity (Wildman–Crippen MR) is 158 cm³/mol. The van der Waals surface area contributed by atoms with Crippen LogP contribution in [0, 0.1) is 17.3 Å². The third-order valence-electron chi connectivity index (χ3n) is 9.69. The van der Waals surface area contributed by atoms with Crippen LogP contribution in [0.2, 0.25) is 0 Å². The number of aliphatic hydroxyl groups excluding tert-OH is 1. The largest absolute Gasteiger partial charge is 0.464 e. The number of carbonyl (C=O) groups excluding carboxylic acids is 5. The van der Waals surface area contributed by atoms with Gasteiger partial charge in [0.25, 0.3) is 0 Å². The quantitative estimate of drug-likeness (QED) is 0.294. The highest BCUT2D eigenvalue weighted by Crippen LogP contribution is 2.69. The van der Waals surface area contributed by atoms with Gasteiger partial charge in [-0.05, 0) is 39.3 Å². The summed E-state index contributed by atoms with van der Waals surface area (Å²) in [7, 11) is 0. The number of benzene rings is 1. The van der Waals surface area contributed by atoms with Crippen molar-refractivity contribution in [2.45, 2.75) is 116 Å². The zero-order valence-corrected chi connectivity index (χ0v) is 27.4. The number of fused-ring (bicyclic) bond motifs is 1. The monoisotopic (exact) mass is 648 g/mol. The first-order valence-electron chi connectivity index (χ1n) is 15.4. The van der Waals surface area contributed by atoms with Crippen molar-refractivity contribution in [3.05, 3.63) is 35.9 Å². The molecule has 3 aliphatic rings. The van der Waals surface area contributed by atoms with Crippen molar-refractivity contribution in [3.8, 4) is 0 Å². The van der Waals surface area contributed by atoms with Gasteiger partial charge in [0, 0.05) is 27.2 Å². The molecule has 46 heavy (non-hydrogen) atoms. The Morgan fingerprint density at radius 3 is 2.00 bits per heavy atom. The summed E-state index contributed by atoms with van der Waals surface area (Å²) in [5, 5.41) is 24.8. The van der Waals surface area contributed by atoms with Gasteiger partial charge in [0.05, 0.1) is 28.6 Å². The van der Waals surface area contributed by atoms with E-state index in [-0.39, 0.29) is 5.56 Å². The van der Waals surface area contributed by atoms with Gasteiger partial charge in [0.15, 0.2) is 11.7 Å². The summed E-state index contributed by atoms with van der Waals surface area (Å²) >= 11 is 0. The van der Waals surface area contributed by atoms with E-state index < -0.39 is 107 Å². The molecule has 1 aliphatic heterocycles. The number of esters is 5. The summed E-state index contributed by atoms with van der Waals surface area (Å²) in [5.41, 5.74) is -7.78. The minimum atomic E-state index is -2.22. The second kappa shape index (κ2) is 12.6. The molecule has 1 spiro atoms. The molecule has 254 valence electrons. The van der Waals surface area contributed by atoms with Gasteiger partial charge in [-0.1, -0.05) is 32.0 Å². The second-order valence-corrected chi connectivity index (χ2v) is 13.3. The van der Waals surface area contributed by atoms with Gasteiger partial charge in [-0.25, -0.2) is 4.79 Å². The van der Waals surface area contributed by atoms with Crippen molar-refractivity contribution in [1.29, 1.82) is 0 Å². The predicted octanol–water partition coefficient (Wildman–Crippen LogP) is 2.28. The third kappa shape index (κ3) is 5.66. The van der Waals surface area contributed by atoms with Crippen LogP contribution < -0.4 is 0 Å². The van der Waals surface area contributed by atoms with Crippen LogP contribution >= 0.6 is 0 Å². The van der Waals surface area contributed by atoms with Crippen LogP contribution in [-0.2, 0) is 47.6 Å². The van der Waals surface area contributed by atoms with Crippen LogP contribution in [0.3, 0.4) is 0 Å². The lowest BCUT2D eigenvalue weighted by molar-refractivity contribution is -0.363. The lowest BCUT2D eigenvalue weighted by Gasteiger charge is -2.66. The Morgan fingerprint density at radius 1 is 0.891 bits per heavy atom. The van der Waals surface area contributed by atoms with Crippen LogP contribution in [-0.4, -0.2) is 94.0 Å². The van der Waals surface area contributed by atoms with Crippen LogP contribution in [0.4, 0.5) is 0 Å². The van der Waals surface area contributed by atoms with Crippen molar-refractivity contribution >= 4 is 29.8 Å². The van der Waals surface area contributed by atoms with E-state index in [1.54, 1.807) is 45.9 Å². The molecule has 2 N–H and O–H groups in total. The molecule has 0 radical (unpaired) electrons. The summed E-state index contributed by atoms with van der Waals surface area (Å²) in [5.74, 6) is -5.74. The maximum absolute atomic E-state index is 13.7. The Morgan fingerprint density at radius 2 is 1.46 bits per heavy atom. The number of carbonyl (C=O) groups is 5. The molecule has 10 atom stereocenters. The first kappa shape index (κ1) is 35.3. The van der Waals surface area contributed by atoms with Crippen LogP contribution in [0.15, 0.2) is 30.3 Å². The van der Waals surface area contributed by atoms with Crippen molar-refractivity contribution in [3.63, 3.8) is 0 Å². The van der Waals surface area contributed by atoms with E-state index in [2.05, 4.69) is 0 Å². The molecule has 1 heterocycles. The van der Waals surface area contributed by atoms with E-state index in [1.807, 2.05) is 0 Å². The summed E-state index contributed by atoms with van der Waals surface area (Å²) in [4.78, 5) is 64.9. The second-order valence-electron chi connectivity index (χ2n) is 13.3. The molecule has 0 aromatic heterocycles. The van der Waals surface area contributed by atoms with E-state index in [0.29, 0.717) is 6.42 Å². The average molecular weight is 649 g/mol. The zero-order chi connectivity index (χ0) is 34.4. The van der Waals surface area contributed by atoms with Gasteiger partial charge in [0.2, 0.25) is 0 Å². The highest BCUT2D eigenvalue weighted by Gasteiger charge is 2.88. The summed E-state index contributed by atoms with van der Waals surface area (Å²) in [6, 6.07) is 7.88. The molecule has 4 rings (SSSR count). The first-order chi connectivity index (χ1) is 21.4. The van der Waals surface area contributed by atoms with E-state index >= 15 is 0 Å². The summed E-state index contributed by atoms with van der Waals surface area (Å²) < 4.78 is 36.2. The molecular weight excluding hydrogens is 604 g/mol. The lowest BCUT2D eigenvalue weighted by atomic mass is 9.45. The van der Waals surface area contributed by atoms with Crippen molar-refractivity contribution in [2.24, 2.45) is 17.3 Å². The molecule has 13 heteroatoms. The molecule has 1 aromatic rings. The molecule has 13 nitrogen and oxygen atoms in total. The molecule has 1 aromatic carbocycles. The number of ether oxygens (including phenoxy) is 6. The third-order valence-corrected chi connectivity index (χ3v) is 9.69. The molecule has 3 fully saturated rings. The Kier molecular flexibility index (Phi) is 9.65. The van der Waals surface area contributed by atoms with Gasteiger partial charge in [0.1, 0.15) is 36.4 Å². The number of rotatable bonds is 9. The highest BCUT2D eigenvalue weighted by atomic mass is 16.6.